The first-order valence-corrected chi connectivity index (χ1v) is 8.33. The van der Waals surface area contributed by atoms with Crippen LogP contribution in [0.4, 0.5) is 0 Å². The standard InChI is InChI=1S/C18H25N3O2/c1-13(18-20-19-14(2)23-18)21-10-6-7-15(12-21)11-16-8-4-5-9-17(16)22-3/h4-5,8-9,13,15H,6-7,10-12H2,1-3H3/t13-,15+/m0/s1. The van der Waals surface area contributed by atoms with Crippen molar-refractivity contribution in [3.8, 4) is 5.75 Å². The molecule has 1 saturated heterocycles. The molecule has 0 bridgehead atoms. The third-order valence-electron chi connectivity index (χ3n) is 4.70. The van der Waals surface area contributed by atoms with Gasteiger partial charge in [-0.3, -0.25) is 4.90 Å². The van der Waals surface area contributed by atoms with Crippen molar-refractivity contribution in [3.05, 3.63) is 41.6 Å². The maximum atomic E-state index is 5.60. The van der Waals surface area contributed by atoms with Crippen LogP contribution in [0, 0.1) is 12.8 Å². The highest BCUT2D eigenvalue weighted by Gasteiger charge is 2.27. The number of aryl methyl sites for hydroxylation is 1. The molecule has 0 unspecified atom stereocenters. The second-order valence-electron chi connectivity index (χ2n) is 6.35. The van der Waals surface area contributed by atoms with Gasteiger partial charge in [-0.25, -0.2) is 0 Å². The number of methoxy groups -OCH3 is 1. The fourth-order valence-electron chi connectivity index (χ4n) is 3.44. The second kappa shape index (κ2) is 7.13. The zero-order valence-electron chi connectivity index (χ0n) is 14.2. The Kier molecular flexibility index (Phi) is 4.96. The van der Waals surface area contributed by atoms with Gasteiger partial charge in [0.15, 0.2) is 0 Å². The molecule has 124 valence electrons. The Balaban J connectivity index is 1.66. The van der Waals surface area contributed by atoms with Crippen LogP contribution in [0.3, 0.4) is 0 Å². The first-order chi connectivity index (χ1) is 11.2. The van der Waals surface area contributed by atoms with Crippen LogP contribution in [-0.4, -0.2) is 35.3 Å². The van der Waals surface area contributed by atoms with Gasteiger partial charge in [-0.05, 0) is 50.3 Å². The summed E-state index contributed by atoms with van der Waals surface area (Å²) in [6.07, 6.45) is 3.51. The number of rotatable bonds is 5. The fourth-order valence-corrected chi connectivity index (χ4v) is 3.44. The predicted molar refractivity (Wildman–Crippen MR) is 88.4 cm³/mol. The molecule has 5 nitrogen and oxygen atoms in total. The number of nitrogens with zero attached hydrogens (tertiary/aromatic N) is 3. The van der Waals surface area contributed by atoms with Crippen molar-refractivity contribution in [1.82, 2.24) is 15.1 Å². The number of hydrogen-bond acceptors (Lipinski definition) is 5. The molecular formula is C18H25N3O2. The minimum absolute atomic E-state index is 0.177. The minimum Gasteiger partial charge on any atom is -0.496 e. The number of piperidine rings is 1. The lowest BCUT2D eigenvalue weighted by Crippen LogP contribution is -2.38. The normalized spacial score (nSPS) is 20.4. The minimum atomic E-state index is 0.177. The van der Waals surface area contributed by atoms with E-state index in [1.165, 1.54) is 18.4 Å². The van der Waals surface area contributed by atoms with Crippen molar-refractivity contribution in [3.63, 3.8) is 0 Å². The van der Waals surface area contributed by atoms with Crippen molar-refractivity contribution in [2.45, 2.75) is 39.2 Å². The summed E-state index contributed by atoms with van der Waals surface area (Å²) in [5, 5.41) is 8.13. The Morgan fingerprint density at radius 2 is 2.17 bits per heavy atom. The van der Waals surface area contributed by atoms with Crippen molar-refractivity contribution >= 4 is 0 Å². The van der Waals surface area contributed by atoms with Crippen LogP contribution in [-0.2, 0) is 6.42 Å². The third-order valence-corrected chi connectivity index (χ3v) is 4.70. The molecule has 1 aromatic carbocycles. The van der Waals surface area contributed by atoms with Gasteiger partial charge in [-0.15, -0.1) is 10.2 Å². The summed E-state index contributed by atoms with van der Waals surface area (Å²) in [5.41, 5.74) is 1.29. The highest BCUT2D eigenvalue weighted by Crippen LogP contribution is 2.29. The fraction of sp³-hybridized carbons (Fsp3) is 0.556. The van der Waals surface area contributed by atoms with E-state index in [1.807, 2.05) is 19.1 Å². The average molecular weight is 315 g/mol. The van der Waals surface area contributed by atoms with E-state index in [0.717, 1.165) is 31.2 Å². The molecule has 23 heavy (non-hydrogen) atoms. The summed E-state index contributed by atoms with van der Waals surface area (Å²) in [6, 6.07) is 8.50. The Labute approximate surface area is 137 Å². The molecule has 2 aromatic rings. The van der Waals surface area contributed by atoms with Crippen molar-refractivity contribution < 1.29 is 9.15 Å². The van der Waals surface area contributed by atoms with Gasteiger partial charge < -0.3 is 9.15 Å². The lowest BCUT2D eigenvalue weighted by Gasteiger charge is -2.35. The maximum absolute atomic E-state index is 5.60. The van der Waals surface area contributed by atoms with Gasteiger partial charge in [0, 0.05) is 13.5 Å². The first kappa shape index (κ1) is 16.0. The van der Waals surface area contributed by atoms with E-state index < -0.39 is 0 Å². The van der Waals surface area contributed by atoms with Crippen molar-refractivity contribution in [2.75, 3.05) is 20.2 Å². The number of benzene rings is 1. The smallest absolute Gasteiger partial charge is 0.233 e. The summed E-state index contributed by atoms with van der Waals surface area (Å²) in [6.45, 7) is 6.13. The topological polar surface area (TPSA) is 51.4 Å². The molecule has 0 saturated carbocycles. The monoisotopic (exact) mass is 315 g/mol. The Bertz CT molecular complexity index is 641. The summed E-state index contributed by atoms with van der Waals surface area (Å²) in [7, 11) is 1.74. The molecule has 3 rings (SSSR count). The van der Waals surface area contributed by atoms with Crippen molar-refractivity contribution in [1.29, 1.82) is 0 Å². The van der Waals surface area contributed by atoms with E-state index in [0.29, 0.717) is 11.8 Å². The zero-order valence-corrected chi connectivity index (χ0v) is 14.2. The molecule has 0 spiro atoms. The van der Waals surface area contributed by atoms with Crippen LogP contribution < -0.4 is 4.74 Å². The lowest BCUT2D eigenvalue weighted by atomic mass is 9.90. The van der Waals surface area contributed by atoms with E-state index in [-0.39, 0.29) is 6.04 Å². The van der Waals surface area contributed by atoms with Gasteiger partial charge in [-0.1, -0.05) is 18.2 Å². The second-order valence-corrected chi connectivity index (χ2v) is 6.35. The summed E-state index contributed by atoms with van der Waals surface area (Å²) >= 11 is 0. The first-order valence-electron chi connectivity index (χ1n) is 8.33. The lowest BCUT2D eigenvalue weighted by molar-refractivity contribution is 0.115. The van der Waals surface area contributed by atoms with Gasteiger partial charge in [0.1, 0.15) is 5.75 Å². The summed E-state index contributed by atoms with van der Waals surface area (Å²) < 4.78 is 11.1. The molecule has 0 aliphatic carbocycles. The number of para-hydroxylation sites is 1. The van der Waals surface area contributed by atoms with E-state index in [2.05, 4.69) is 34.2 Å². The highest BCUT2D eigenvalue weighted by molar-refractivity contribution is 5.33. The average Bonchev–Trinajstić information content (AvgIpc) is 3.01. The summed E-state index contributed by atoms with van der Waals surface area (Å²) in [5.74, 6) is 2.98. The van der Waals surface area contributed by atoms with Crippen LogP contribution in [0.1, 0.15) is 43.2 Å². The van der Waals surface area contributed by atoms with Crippen LogP contribution in [0.25, 0.3) is 0 Å². The van der Waals surface area contributed by atoms with Crippen LogP contribution in [0.15, 0.2) is 28.7 Å². The third kappa shape index (κ3) is 3.72. The molecule has 1 fully saturated rings. The van der Waals surface area contributed by atoms with Gasteiger partial charge in [-0.2, -0.15) is 0 Å². The highest BCUT2D eigenvalue weighted by atomic mass is 16.5. The molecule has 1 aromatic heterocycles. The Hall–Kier alpha value is -1.88. The molecule has 1 aliphatic heterocycles. The van der Waals surface area contributed by atoms with Gasteiger partial charge >= 0.3 is 0 Å². The van der Waals surface area contributed by atoms with Crippen LogP contribution in [0.2, 0.25) is 0 Å². The van der Waals surface area contributed by atoms with E-state index >= 15 is 0 Å². The molecule has 0 N–H and O–H groups in total. The van der Waals surface area contributed by atoms with Crippen molar-refractivity contribution in [2.24, 2.45) is 5.92 Å². The Morgan fingerprint density at radius 1 is 1.35 bits per heavy atom. The van der Waals surface area contributed by atoms with Gasteiger partial charge in [0.2, 0.25) is 11.8 Å². The summed E-state index contributed by atoms with van der Waals surface area (Å²) in [4.78, 5) is 2.45. The number of aromatic nitrogens is 2. The largest absolute Gasteiger partial charge is 0.496 e. The van der Waals surface area contributed by atoms with Gasteiger partial charge in [0.25, 0.3) is 0 Å². The zero-order chi connectivity index (χ0) is 16.2. The molecule has 1 aliphatic rings. The number of ether oxygens (including phenoxy) is 1. The molecule has 2 atom stereocenters. The SMILES string of the molecule is COc1ccccc1C[C@H]1CCCN([C@@H](C)c2nnc(C)o2)C1. The molecule has 0 amide bonds. The molecule has 2 heterocycles. The molecule has 0 radical (unpaired) electrons. The van der Waals surface area contributed by atoms with E-state index in [4.69, 9.17) is 9.15 Å². The van der Waals surface area contributed by atoms with E-state index in [1.54, 1.807) is 7.11 Å². The predicted octanol–water partition coefficient (Wildman–Crippen LogP) is 3.40. The molecule has 5 heteroatoms. The number of hydrogen-bond donors (Lipinski definition) is 0. The molecular weight excluding hydrogens is 290 g/mol. The maximum Gasteiger partial charge on any atom is 0.233 e. The van der Waals surface area contributed by atoms with Crippen LogP contribution >= 0.6 is 0 Å². The number of likely N-dealkylation sites (tertiary alicyclic amines) is 1. The Morgan fingerprint density at radius 3 is 2.91 bits per heavy atom. The van der Waals surface area contributed by atoms with Crippen LogP contribution in [0.5, 0.6) is 5.75 Å². The quantitative estimate of drug-likeness (QED) is 0.846. The van der Waals surface area contributed by atoms with Gasteiger partial charge in [0.05, 0.1) is 13.2 Å². The van der Waals surface area contributed by atoms with E-state index in [9.17, 15) is 0 Å².